The standard InChI is InChI=1S/C20H27N3O2/c1-4-21-20(22-14-16-10-12-18(24-2)13-11-16)23-15-19(25-3)17-8-6-5-7-9-17/h5-13,19H,4,14-15H2,1-3H3,(H2,21,22,23). The van der Waals surface area contributed by atoms with Crippen molar-refractivity contribution in [3.05, 3.63) is 65.7 Å². The maximum Gasteiger partial charge on any atom is 0.191 e. The summed E-state index contributed by atoms with van der Waals surface area (Å²) in [4.78, 5) is 4.64. The molecule has 5 nitrogen and oxygen atoms in total. The summed E-state index contributed by atoms with van der Waals surface area (Å²) in [5, 5.41) is 6.62. The Kier molecular flexibility index (Phi) is 7.79. The summed E-state index contributed by atoms with van der Waals surface area (Å²) in [6.45, 7) is 4.10. The van der Waals surface area contributed by atoms with Crippen LogP contribution in [0.1, 0.15) is 24.2 Å². The summed E-state index contributed by atoms with van der Waals surface area (Å²) >= 11 is 0. The van der Waals surface area contributed by atoms with Gasteiger partial charge in [0, 0.05) is 20.2 Å². The molecule has 5 heteroatoms. The first-order valence-corrected chi connectivity index (χ1v) is 8.49. The molecule has 0 amide bonds. The predicted molar refractivity (Wildman–Crippen MR) is 102 cm³/mol. The second kappa shape index (κ2) is 10.4. The zero-order valence-electron chi connectivity index (χ0n) is 15.2. The van der Waals surface area contributed by atoms with Crippen LogP contribution in [0.15, 0.2) is 59.6 Å². The minimum Gasteiger partial charge on any atom is -0.497 e. The lowest BCUT2D eigenvalue weighted by atomic mass is 10.1. The minimum atomic E-state index is -0.0222. The molecule has 0 fully saturated rings. The van der Waals surface area contributed by atoms with Crippen molar-refractivity contribution in [2.45, 2.75) is 19.6 Å². The highest BCUT2D eigenvalue weighted by molar-refractivity contribution is 5.79. The first-order valence-electron chi connectivity index (χ1n) is 8.49. The number of aliphatic imine (C=N–C) groups is 1. The Morgan fingerprint density at radius 3 is 2.32 bits per heavy atom. The lowest BCUT2D eigenvalue weighted by molar-refractivity contribution is 0.106. The van der Waals surface area contributed by atoms with Gasteiger partial charge in [-0.05, 0) is 30.2 Å². The number of ether oxygens (including phenoxy) is 2. The van der Waals surface area contributed by atoms with Gasteiger partial charge in [0.15, 0.2) is 5.96 Å². The topological polar surface area (TPSA) is 54.9 Å². The highest BCUT2D eigenvalue weighted by atomic mass is 16.5. The van der Waals surface area contributed by atoms with Crippen LogP contribution in [0, 0.1) is 0 Å². The van der Waals surface area contributed by atoms with E-state index in [0.29, 0.717) is 13.1 Å². The molecule has 0 radical (unpaired) electrons. The van der Waals surface area contributed by atoms with Crippen LogP contribution in [0.3, 0.4) is 0 Å². The van der Waals surface area contributed by atoms with Crippen molar-refractivity contribution in [1.82, 2.24) is 10.6 Å². The SMILES string of the molecule is CCNC(=NCc1ccc(OC)cc1)NCC(OC)c1ccccc1. The molecule has 0 aromatic heterocycles. The van der Waals surface area contributed by atoms with Crippen molar-refractivity contribution in [3.8, 4) is 5.75 Å². The molecule has 0 heterocycles. The monoisotopic (exact) mass is 341 g/mol. The summed E-state index contributed by atoms with van der Waals surface area (Å²) in [6.07, 6.45) is -0.0222. The smallest absolute Gasteiger partial charge is 0.191 e. The Balaban J connectivity index is 1.96. The van der Waals surface area contributed by atoms with E-state index >= 15 is 0 Å². The van der Waals surface area contributed by atoms with Crippen molar-refractivity contribution < 1.29 is 9.47 Å². The molecule has 0 aliphatic heterocycles. The third-order valence-corrected chi connectivity index (χ3v) is 3.83. The zero-order chi connectivity index (χ0) is 17.9. The number of benzene rings is 2. The summed E-state index contributed by atoms with van der Waals surface area (Å²) < 4.78 is 10.8. The van der Waals surface area contributed by atoms with Crippen LogP contribution < -0.4 is 15.4 Å². The van der Waals surface area contributed by atoms with E-state index in [0.717, 1.165) is 29.4 Å². The molecule has 2 N–H and O–H groups in total. The van der Waals surface area contributed by atoms with Crippen molar-refractivity contribution in [2.24, 2.45) is 4.99 Å². The van der Waals surface area contributed by atoms with Gasteiger partial charge in [-0.15, -0.1) is 0 Å². The van der Waals surface area contributed by atoms with Crippen LogP contribution in [0.4, 0.5) is 0 Å². The van der Waals surface area contributed by atoms with Crippen LogP contribution >= 0.6 is 0 Å². The molecule has 0 saturated heterocycles. The van der Waals surface area contributed by atoms with Gasteiger partial charge in [0.2, 0.25) is 0 Å². The molecule has 1 atom stereocenters. The third kappa shape index (κ3) is 6.12. The molecule has 2 aromatic carbocycles. The van der Waals surface area contributed by atoms with E-state index in [9.17, 15) is 0 Å². The van der Waals surface area contributed by atoms with Crippen molar-refractivity contribution in [3.63, 3.8) is 0 Å². The average molecular weight is 341 g/mol. The van der Waals surface area contributed by atoms with Gasteiger partial charge in [-0.3, -0.25) is 0 Å². The van der Waals surface area contributed by atoms with E-state index in [1.165, 1.54) is 0 Å². The van der Waals surface area contributed by atoms with Gasteiger partial charge in [-0.2, -0.15) is 0 Å². The van der Waals surface area contributed by atoms with Crippen LogP contribution in [0.2, 0.25) is 0 Å². The minimum absolute atomic E-state index is 0.0222. The molecule has 134 valence electrons. The van der Waals surface area contributed by atoms with Gasteiger partial charge in [-0.1, -0.05) is 42.5 Å². The second-order valence-electron chi connectivity index (χ2n) is 5.56. The van der Waals surface area contributed by atoms with E-state index in [2.05, 4.69) is 34.7 Å². The average Bonchev–Trinajstić information content (AvgIpc) is 2.67. The maximum atomic E-state index is 5.59. The van der Waals surface area contributed by atoms with E-state index in [1.807, 2.05) is 42.5 Å². The Morgan fingerprint density at radius 2 is 1.72 bits per heavy atom. The first-order chi connectivity index (χ1) is 12.3. The Bertz CT molecular complexity index is 642. The molecule has 25 heavy (non-hydrogen) atoms. The summed E-state index contributed by atoms with van der Waals surface area (Å²) in [6, 6.07) is 18.1. The fraction of sp³-hybridized carbons (Fsp3) is 0.350. The molecule has 0 saturated carbocycles. The van der Waals surface area contributed by atoms with Crippen molar-refractivity contribution in [2.75, 3.05) is 27.3 Å². The predicted octanol–water partition coefficient (Wildman–Crippen LogP) is 3.14. The second-order valence-corrected chi connectivity index (χ2v) is 5.56. The fourth-order valence-electron chi connectivity index (χ4n) is 2.44. The number of hydrogen-bond donors (Lipinski definition) is 2. The maximum absolute atomic E-state index is 5.59. The number of guanidine groups is 1. The lowest BCUT2D eigenvalue weighted by Crippen LogP contribution is -2.39. The first kappa shape index (κ1) is 18.8. The Labute approximate surface area is 150 Å². The number of hydrogen-bond acceptors (Lipinski definition) is 3. The van der Waals surface area contributed by atoms with Crippen molar-refractivity contribution in [1.29, 1.82) is 0 Å². The van der Waals surface area contributed by atoms with E-state index < -0.39 is 0 Å². The Morgan fingerprint density at radius 1 is 1.00 bits per heavy atom. The van der Waals surface area contributed by atoms with Crippen LogP contribution in [-0.2, 0) is 11.3 Å². The number of rotatable bonds is 8. The normalized spacial score (nSPS) is 12.5. The number of methoxy groups -OCH3 is 2. The number of nitrogens with one attached hydrogen (secondary N) is 2. The molecule has 0 bridgehead atoms. The van der Waals surface area contributed by atoms with Gasteiger partial charge in [0.25, 0.3) is 0 Å². The van der Waals surface area contributed by atoms with E-state index in [-0.39, 0.29) is 6.10 Å². The molecule has 1 unspecified atom stereocenters. The van der Waals surface area contributed by atoms with Gasteiger partial charge in [-0.25, -0.2) is 4.99 Å². The molecule has 2 rings (SSSR count). The van der Waals surface area contributed by atoms with Crippen LogP contribution in [0.25, 0.3) is 0 Å². The van der Waals surface area contributed by atoms with Gasteiger partial charge < -0.3 is 20.1 Å². The van der Waals surface area contributed by atoms with Gasteiger partial charge >= 0.3 is 0 Å². The molecular weight excluding hydrogens is 314 g/mol. The van der Waals surface area contributed by atoms with Crippen LogP contribution in [-0.4, -0.2) is 33.3 Å². The summed E-state index contributed by atoms with van der Waals surface area (Å²) in [5.74, 6) is 1.62. The highest BCUT2D eigenvalue weighted by Gasteiger charge is 2.10. The largest absolute Gasteiger partial charge is 0.497 e. The lowest BCUT2D eigenvalue weighted by Gasteiger charge is -2.18. The zero-order valence-corrected chi connectivity index (χ0v) is 15.2. The fourth-order valence-corrected chi connectivity index (χ4v) is 2.44. The molecular formula is C20H27N3O2. The van der Waals surface area contributed by atoms with Gasteiger partial charge in [0.1, 0.15) is 5.75 Å². The van der Waals surface area contributed by atoms with Gasteiger partial charge in [0.05, 0.1) is 19.8 Å². The van der Waals surface area contributed by atoms with E-state index in [4.69, 9.17) is 9.47 Å². The van der Waals surface area contributed by atoms with E-state index in [1.54, 1.807) is 14.2 Å². The quantitative estimate of drug-likeness (QED) is 0.572. The molecule has 0 aliphatic rings. The summed E-state index contributed by atoms with van der Waals surface area (Å²) in [5.41, 5.74) is 2.27. The Hall–Kier alpha value is -2.53. The molecule has 0 aliphatic carbocycles. The van der Waals surface area contributed by atoms with Crippen molar-refractivity contribution >= 4 is 5.96 Å². The van der Waals surface area contributed by atoms with Crippen LogP contribution in [0.5, 0.6) is 5.75 Å². The highest BCUT2D eigenvalue weighted by Crippen LogP contribution is 2.15. The number of nitrogens with zero attached hydrogens (tertiary/aromatic N) is 1. The summed E-state index contributed by atoms with van der Waals surface area (Å²) in [7, 11) is 3.39. The molecule has 0 spiro atoms. The third-order valence-electron chi connectivity index (χ3n) is 3.83. The molecule has 2 aromatic rings.